The van der Waals surface area contributed by atoms with Gasteiger partial charge in [-0.05, 0) is 36.6 Å². The predicted molar refractivity (Wildman–Crippen MR) is 85.8 cm³/mol. The van der Waals surface area contributed by atoms with Gasteiger partial charge in [-0.3, -0.25) is 4.90 Å². The Balaban J connectivity index is 1.92. The highest BCUT2D eigenvalue weighted by atomic mass is 32.2. The monoisotopic (exact) mass is 328 g/mol. The van der Waals surface area contributed by atoms with Crippen LogP contribution in [-0.2, 0) is 16.6 Å². The third-order valence-electron chi connectivity index (χ3n) is 3.82. The van der Waals surface area contributed by atoms with E-state index in [0.717, 1.165) is 43.1 Å². The average molecular weight is 328 g/mol. The molecule has 0 saturated carbocycles. The van der Waals surface area contributed by atoms with E-state index in [2.05, 4.69) is 9.62 Å². The molecule has 0 aliphatic carbocycles. The molecule has 1 heterocycles. The molecule has 124 valence electrons. The van der Waals surface area contributed by atoms with E-state index in [9.17, 15) is 8.42 Å². The maximum Gasteiger partial charge on any atom is 0.208 e. The van der Waals surface area contributed by atoms with Crippen LogP contribution in [0.2, 0.25) is 0 Å². The molecule has 1 fully saturated rings. The molecular weight excluding hydrogens is 304 g/mol. The summed E-state index contributed by atoms with van der Waals surface area (Å²) >= 11 is 0. The Hall–Kier alpha value is -1.31. The lowest BCUT2D eigenvalue weighted by atomic mass is 10.1. The Labute approximate surface area is 132 Å². The molecule has 0 bridgehead atoms. The first-order valence-corrected chi connectivity index (χ1v) is 9.17. The van der Waals surface area contributed by atoms with Crippen molar-refractivity contribution >= 4 is 10.0 Å². The van der Waals surface area contributed by atoms with Crippen LogP contribution in [0.25, 0.3) is 0 Å². The largest absolute Gasteiger partial charge is 0.497 e. The number of hydrogen-bond donors (Lipinski definition) is 1. The second-order valence-electron chi connectivity index (χ2n) is 5.73. The number of methoxy groups -OCH3 is 2. The summed E-state index contributed by atoms with van der Waals surface area (Å²) in [6.07, 6.45) is 2.20. The normalized spacial score (nSPS) is 19.3. The predicted octanol–water partition coefficient (Wildman–Crippen LogP) is 1.07. The number of hydrogen-bond acceptors (Lipinski definition) is 5. The van der Waals surface area contributed by atoms with Gasteiger partial charge in [-0.25, -0.2) is 13.1 Å². The minimum atomic E-state index is -3.11. The standard InChI is InChI=1S/C15H24N2O4S/c1-20-14-6-13(7-15(8-14)21-2)11-17-5-4-12(10-17)9-16-22(3,18)19/h6-8,12,16H,4-5,9-11H2,1-3H3/t12-/m1/s1. The van der Waals surface area contributed by atoms with Crippen LogP contribution in [0.15, 0.2) is 18.2 Å². The van der Waals surface area contributed by atoms with Gasteiger partial charge in [-0.15, -0.1) is 0 Å². The van der Waals surface area contributed by atoms with E-state index < -0.39 is 10.0 Å². The molecule has 1 atom stereocenters. The van der Waals surface area contributed by atoms with Crippen LogP contribution in [0.4, 0.5) is 0 Å². The summed E-state index contributed by atoms with van der Waals surface area (Å²) in [5, 5.41) is 0. The van der Waals surface area contributed by atoms with Crippen molar-refractivity contribution < 1.29 is 17.9 Å². The highest BCUT2D eigenvalue weighted by Gasteiger charge is 2.23. The smallest absolute Gasteiger partial charge is 0.208 e. The molecule has 1 aromatic carbocycles. The summed E-state index contributed by atoms with van der Waals surface area (Å²) in [6.45, 7) is 3.18. The van der Waals surface area contributed by atoms with Gasteiger partial charge in [0.15, 0.2) is 0 Å². The molecule has 0 unspecified atom stereocenters. The van der Waals surface area contributed by atoms with E-state index in [1.807, 2.05) is 18.2 Å². The molecule has 22 heavy (non-hydrogen) atoms. The molecule has 1 saturated heterocycles. The zero-order chi connectivity index (χ0) is 16.2. The Morgan fingerprint density at radius 3 is 2.41 bits per heavy atom. The second kappa shape index (κ2) is 7.30. The summed E-state index contributed by atoms with van der Waals surface area (Å²) in [7, 11) is 0.173. The van der Waals surface area contributed by atoms with Gasteiger partial charge in [0.25, 0.3) is 0 Å². The average Bonchev–Trinajstić information content (AvgIpc) is 2.91. The highest BCUT2D eigenvalue weighted by Crippen LogP contribution is 2.25. The zero-order valence-electron chi connectivity index (χ0n) is 13.3. The van der Waals surface area contributed by atoms with Gasteiger partial charge in [0.05, 0.1) is 20.5 Å². The van der Waals surface area contributed by atoms with Crippen molar-refractivity contribution in [2.24, 2.45) is 5.92 Å². The van der Waals surface area contributed by atoms with Crippen molar-refractivity contribution in [2.45, 2.75) is 13.0 Å². The molecule has 0 amide bonds. The summed E-state index contributed by atoms with van der Waals surface area (Å²) in [5.74, 6) is 1.93. The SMILES string of the molecule is COc1cc(CN2CC[C@H](CNS(C)(=O)=O)C2)cc(OC)c1. The first kappa shape index (κ1) is 17.1. The minimum Gasteiger partial charge on any atom is -0.497 e. The number of nitrogens with one attached hydrogen (secondary N) is 1. The van der Waals surface area contributed by atoms with E-state index >= 15 is 0 Å². The van der Waals surface area contributed by atoms with Crippen LogP contribution in [0.1, 0.15) is 12.0 Å². The fraction of sp³-hybridized carbons (Fsp3) is 0.600. The molecule has 7 heteroatoms. The number of rotatable bonds is 7. The maximum atomic E-state index is 11.1. The third kappa shape index (κ3) is 5.15. The lowest BCUT2D eigenvalue weighted by molar-refractivity contribution is 0.314. The van der Waals surface area contributed by atoms with Crippen LogP contribution in [0.5, 0.6) is 11.5 Å². The molecule has 2 rings (SSSR count). The zero-order valence-corrected chi connectivity index (χ0v) is 14.1. The van der Waals surface area contributed by atoms with E-state index in [1.165, 1.54) is 6.26 Å². The topological polar surface area (TPSA) is 67.9 Å². The molecule has 1 aromatic rings. The van der Waals surface area contributed by atoms with Gasteiger partial charge in [0.1, 0.15) is 11.5 Å². The molecule has 1 aliphatic rings. The van der Waals surface area contributed by atoms with E-state index in [-0.39, 0.29) is 0 Å². The molecule has 6 nitrogen and oxygen atoms in total. The number of sulfonamides is 1. The van der Waals surface area contributed by atoms with Gasteiger partial charge in [-0.1, -0.05) is 0 Å². The fourth-order valence-corrected chi connectivity index (χ4v) is 3.25. The van der Waals surface area contributed by atoms with Crippen molar-refractivity contribution in [1.82, 2.24) is 9.62 Å². The minimum absolute atomic E-state index is 0.363. The maximum absolute atomic E-state index is 11.1. The Morgan fingerprint density at radius 2 is 1.86 bits per heavy atom. The van der Waals surface area contributed by atoms with Gasteiger partial charge in [0.2, 0.25) is 10.0 Å². The summed E-state index contributed by atoms with van der Waals surface area (Å²) in [4.78, 5) is 2.32. The van der Waals surface area contributed by atoms with Gasteiger partial charge >= 0.3 is 0 Å². The number of benzene rings is 1. The van der Waals surface area contributed by atoms with Crippen LogP contribution in [-0.4, -0.2) is 53.4 Å². The number of ether oxygens (including phenoxy) is 2. The Kier molecular flexibility index (Phi) is 5.66. The van der Waals surface area contributed by atoms with Crippen LogP contribution in [0.3, 0.4) is 0 Å². The van der Waals surface area contributed by atoms with Gasteiger partial charge in [-0.2, -0.15) is 0 Å². The van der Waals surface area contributed by atoms with Gasteiger partial charge < -0.3 is 9.47 Å². The lowest BCUT2D eigenvalue weighted by Crippen LogP contribution is -2.30. The van der Waals surface area contributed by atoms with Gasteiger partial charge in [0, 0.05) is 25.7 Å². The molecule has 1 N–H and O–H groups in total. The van der Waals surface area contributed by atoms with Crippen LogP contribution >= 0.6 is 0 Å². The van der Waals surface area contributed by atoms with E-state index in [4.69, 9.17) is 9.47 Å². The quantitative estimate of drug-likeness (QED) is 0.811. The van der Waals surface area contributed by atoms with E-state index in [1.54, 1.807) is 14.2 Å². The van der Waals surface area contributed by atoms with Crippen LogP contribution in [0, 0.1) is 5.92 Å². The second-order valence-corrected chi connectivity index (χ2v) is 7.56. The van der Waals surface area contributed by atoms with Crippen molar-refractivity contribution in [1.29, 1.82) is 0 Å². The third-order valence-corrected chi connectivity index (χ3v) is 4.51. The lowest BCUT2D eigenvalue weighted by Gasteiger charge is -2.17. The molecule has 0 radical (unpaired) electrons. The summed E-state index contributed by atoms with van der Waals surface area (Å²) < 4.78 is 35.5. The molecule has 1 aliphatic heterocycles. The van der Waals surface area contributed by atoms with Crippen LogP contribution < -0.4 is 14.2 Å². The summed E-state index contributed by atoms with van der Waals surface area (Å²) in [5.41, 5.74) is 1.13. The van der Waals surface area contributed by atoms with Crippen molar-refractivity contribution in [3.05, 3.63) is 23.8 Å². The first-order valence-electron chi connectivity index (χ1n) is 7.28. The van der Waals surface area contributed by atoms with Crippen molar-refractivity contribution in [3.8, 4) is 11.5 Å². The van der Waals surface area contributed by atoms with Crippen molar-refractivity contribution in [3.63, 3.8) is 0 Å². The first-order chi connectivity index (χ1) is 10.4. The number of nitrogens with zero attached hydrogens (tertiary/aromatic N) is 1. The molecule has 0 aromatic heterocycles. The Bertz CT molecular complexity index is 581. The molecule has 0 spiro atoms. The highest BCUT2D eigenvalue weighted by molar-refractivity contribution is 7.88. The van der Waals surface area contributed by atoms with E-state index in [0.29, 0.717) is 12.5 Å². The molecular formula is C15H24N2O4S. The number of likely N-dealkylation sites (tertiary alicyclic amines) is 1. The Morgan fingerprint density at radius 1 is 1.23 bits per heavy atom. The summed E-state index contributed by atoms with van der Waals surface area (Å²) in [6, 6.07) is 5.86. The van der Waals surface area contributed by atoms with Crippen molar-refractivity contribution in [2.75, 3.05) is 40.1 Å². The fourth-order valence-electron chi connectivity index (χ4n) is 2.71.